The van der Waals surface area contributed by atoms with Crippen LogP contribution in [0.1, 0.15) is 172 Å². The van der Waals surface area contributed by atoms with Crippen molar-refractivity contribution in [2.75, 3.05) is 0 Å². The van der Waals surface area contributed by atoms with Gasteiger partial charge in [0.2, 0.25) is 0 Å². The quantitative estimate of drug-likeness (QED) is 0.149. The number of benzene rings is 17. The lowest BCUT2D eigenvalue weighted by atomic mass is 9.96. The molecule has 0 saturated carbocycles. The highest BCUT2D eigenvalue weighted by Crippen LogP contribution is 2.32. The summed E-state index contributed by atoms with van der Waals surface area (Å²) >= 11 is 0. The van der Waals surface area contributed by atoms with E-state index in [-0.39, 0.29) is 0 Å². The largest absolute Gasteiger partial charge is 0.0622 e. The van der Waals surface area contributed by atoms with Crippen molar-refractivity contribution in [3.8, 4) is 77.9 Å². The Morgan fingerprint density at radius 2 is 0.286 bits per heavy atom. The second-order valence-electron chi connectivity index (χ2n) is 36.9. The van der Waals surface area contributed by atoms with Gasteiger partial charge in [0.05, 0.1) is 0 Å². The molecule has 682 valence electrons. The summed E-state index contributed by atoms with van der Waals surface area (Å²) in [5.74, 6) is 0. The van der Waals surface area contributed by atoms with Gasteiger partial charge in [0.15, 0.2) is 0 Å². The van der Waals surface area contributed by atoms with Crippen LogP contribution in [0.15, 0.2) is 346 Å². The molecular formula is C133H150. The molecule has 133 heavy (non-hydrogen) atoms. The van der Waals surface area contributed by atoms with Crippen LogP contribution in [-0.4, -0.2) is 0 Å². The van der Waals surface area contributed by atoms with Gasteiger partial charge in [-0.15, -0.1) is 0 Å². The number of hydrogen-bond acceptors (Lipinski definition) is 0. The zero-order valence-corrected chi connectivity index (χ0v) is 86.4. The van der Waals surface area contributed by atoms with Crippen LogP contribution in [0, 0.1) is 215 Å². The predicted octanol–water partition coefficient (Wildman–Crippen LogP) is 38.1. The summed E-state index contributed by atoms with van der Waals surface area (Å²) in [5.41, 5.74) is 60.9. The molecule has 0 aliphatic heterocycles. The molecule has 0 nitrogen and oxygen atoms in total. The average Bonchev–Trinajstić information content (AvgIpc) is 0.845. The normalized spacial score (nSPS) is 10.2. The molecule has 0 unspecified atom stereocenters. The van der Waals surface area contributed by atoms with E-state index in [9.17, 15) is 0 Å². The van der Waals surface area contributed by atoms with Crippen LogP contribution < -0.4 is 0 Å². The molecule has 0 heteroatoms. The SMILES string of the molecule is Cc1cc(-c2ccccc2)cc(C)c1C.Cc1cc(-c2ccccc2)cc(C)c1C.Cc1cc(C)c(C)c(C)c1.Cc1cc(C)c(C)c(C)c1.Cc1ccc(-c2ccc(C)c(C)c2)c(C)c1.Cc1ccc(-c2ccccc2)cc1C.Cc1ccc(-c2ccccc2)cc1C.Cc1ccc(-c2ccccc2C)cc1C.Cc1ccc(-c2ccccc2C)cc1C.Cc1cccc(C)c1C. The molecule has 0 radical (unpaired) electrons. The van der Waals surface area contributed by atoms with Gasteiger partial charge < -0.3 is 0 Å². The van der Waals surface area contributed by atoms with E-state index in [0.717, 1.165) is 0 Å². The zero-order valence-electron chi connectivity index (χ0n) is 86.4. The molecule has 0 aliphatic rings. The van der Waals surface area contributed by atoms with Crippen LogP contribution in [0.5, 0.6) is 0 Å². The van der Waals surface area contributed by atoms with Gasteiger partial charge in [0, 0.05) is 0 Å². The first-order valence-corrected chi connectivity index (χ1v) is 47.3. The molecule has 0 spiro atoms. The van der Waals surface area contributed by atoms with Crippen molar-refractivity contribution in [1.82, 2.24) is 0 Å². The van der Waals surface area contributed by atoms with Gasteiger partial charge in [-0.2, -0.15) is 0 Å². The number of hydrogen-bond donors (Lipinski definition) is 0. The van der Waals surface area contributed by atoms with E-state index in [0.29, 0.717) is 0 Å². The Morgan fingerprint density at radius 1 is 0.0902 bits per heavy atom. The molecule has 0 saturated heterocycles. The monoisotopic (exact) mass is 1750 g/mol. The highest BCUT2D eigenvalue weighted by atomic mass is 14.2. The molecule has 0 bridgehead atoms. The Morgan fingerprint density at radius 3 is 0.534 bits per heavy atom. The Bertz CT molecular complexity index is 6180. The van der Waals surface area contributed by atoms with Gasteiger partial charge in [-0.3, -0.25) is 0 Å². The first-order chi connectivity index (χ1) is 63.3. The topological polar surface area (TPSA) is 0 Å². The highest BCUT2D eigenvalue weighted by molar-refractivity contribution is 5.73. The van der Waals surface area contributed by atoms with E-state index in [1.165, 1.54) is 250 Å². The van der Waals surface area contributed by atoms with Gasteiger partial charge >= 0.3 is 0 Å². The fourth-order valence-corrected chi connectivity index (χ4v) is 15.8. The van der Waals surface area contributed by atoms with Gasteiger partial charge in [0.1, 0.15) is 0 Å². The second-order valence-corrected chi connectivity index (χ2v) is 36.9. The maximum atomic E-state index is 2.27. The van der Waals surface area contributed by atoms with Crippen molar-refractivity contribution < 1.29 is 0 Å². The summed E-state index contributed by atoms with van der Waals surface area (Å²) in [6.45, 7) is 66.9. The number of aryl methyl sites for hydroxylation is 26. The van der Waals surface area contributed by atoms with Crippen LogP contribution in [-0.2, 0) is 0 Å². The smallest absolute Gasteiger partial charge is 0.0154 e. The van der Waals surface area contributed by atoms with Gasteiger partial charge in [-0.25, -0.2) is 0 Å². The molecular weight excluding hydrogens is 1600 g/mol. The fraction of sp³-hybridized carbons (Fsp3) is 0.233. The van der Waals surface area contributed by atoms with Crippen LogP contribution in [0.3, 0.4) is 0 Å². The lowest BCUT2D eigenvalue weighted by Crippen LogP contribution is -1.88. The summed E-state index contributed by atoms with van der Waals surface area (Å²) in [5, 5.41) is 0. The third-order valence-corrected chi connectivity index (χ3v) is 26.4. The molecule has 0 atom stereocenters. The summed E-state index contributed by atoms with van der Waals surface area (Å²) in [4.78, 5) is 0. The minimum absolute atomic E-state index is 1.29. The van der Waals surface area contributed by atoms with Crippen molar-refractivity contribution in [1.29, 1.82) is 0 Å². The lowest BCUT2D eigenvalue weighted by Gasteiger charge is -2.09. The van der Waals surface area contributed by atoms with Crippen molar-refractivity contribution in [2.24, 2.45) is 0 Å². The second kappa shape index (κ2) is 51.5. The lowest BCUT2D eigenvalue weighted by molar-refractivity contribution is 1.23. The highest BCUT2D eigenvalue weighted by Gasteiger charge is 2.10. The van der Waals surface area contributed by atoms with E-state index in [1.54, 1.807) is 0 Å². The summed E-state index contributed by atoms with van der Waals surface area (Å²) in [7, 11) is 0. The van der Waals surface area contributed by atoms with Crippen molar-refractivity contribution in [2.45, 2.75) is 215 Å². The zero-order chi connectivity index (χ0) is 97.3. The Kier molecular flexibility index (Phi) is 40.7. The molecule has 0 heterocycles. The van der Waals surface area contributed by atoms with Gasteiger partial charge in [-0.05, 0) is 448 Å². The van der Waals surface area contributed by atoms with E-state index in [2.05, 4.69) is 548 Å². The average molecular weight is 1750 g/mol. The maximum Gasteiger partial charge on any atom is -0.0154 e. The molecule has 17 aromatic rings. The Hall–Kier alpha value is -13.3. The summed E-state index contributed by atoms with van der Waals surface area (Å²) < 4.78 is 0. The van der Waals surface area contributed by atoms with Gasteiger partial charge in [0.25, 0.3) is 0 Å². The van der Waals surface area contributed by atoms with E-state index >= 15 is 0 Å². The first-order valence-electron chi connectivity index (χ1n) is 47.3. The van der Waals surface area contributed by atoms with Crippen molar-refractivity contribution in [3.05, 3.63) is 518 Å². The predicted molar refractivity (Wildman–Crippen MR) is 589 cm³/mol. The molecule has 17 rings (SSSR count). The minimum atomic E-state index is 1.29. The van der Waals surface area contributed by atoms with Crippen LogP contribution in [0.25, 0.3) is 77.9 Å². The summed E-state index contributed by atoms with van der Waals surface area (Å²) in [6, 6.07) is 123. The molecule has 0 aromatic heterocycles. The minimum Gasteiger partial charge on any atom is -0.0622 e. The third kappa shape index (κ3) is 32.0. The maximum absolute atomic E-state index is 2.27. The van der Waals surface area contributed by atoms with Crippen molar-refractivity contribution in [3.63, 3.8) is 0 Å². The van der Waals surface area contributed by atoms with E-state index < -0.39 is 0 Å². The summed E-state index contributed by atoms with van der Waals surface area (Å²) in [6.07, 6.45) is 0. The Labute approximate surface area is 805 Å². The van der Waals surface area contributed by atoms with Crippen LogP contribution in [0.2, 0.25) is 0 Å². The van der Waals surface area contributed by atoms with Gasteiger partial charge in [-0.1, -0.05) is 362 Å². The first kappa shape index (κ1) is 105. The third-order valence-electron chi connectivity index (χ3n) is 26.4. The molecule has 0 aliphatic carbocycles. The van der Waals surface area contributed by atoms with E-state index in [1.807, 2.05) is 12.1 Å². The van der Waals surface area contributed by atoms with Crippen LogP contribution in [0.4, 0.5) is 0 Å². The van der Waals surface area contributed by atoms with Crippen molar-refractivity contribution >= 4 is 0 Å². The van der Waals surface area contributed by atoms with Crippen LogP contribution >= 0.6 is 0 Å². The fourth-order valence-electron chi connectivity index (χ4n) is 15.8. The molecule has 0 N–H and O–H groups in total. The molecule has 0 amide bonds. The number of rotatable bonds is 7. The van der Waals surface area contributed by atoms with E-state index in [4.69, 9.17) is 0 Å². The Balaban J connectivity index is 0.000000183. The molecule has 17 aromatic carbocycles. The molecule has 0 fully saturated rings. The standard InChI is InChI=1S/C16H18.4C15H16.2C14H14.2C10H14.C9H12/c1-11-5-8-16(14(4)9-11)15-7-6-12(2)13(3)10-15;2*1-11-8-9-14(10-13(11)3)15-7-5-4-6-12(15)2;2*1-11-9-15(10-12(2)13(11)3)14-7-5-4-6-8-14;2*1-11-8-9-14(10-12(11)2)13-6-4-3-5-7-13;2*1-7-5-8(2)10(4)9(3)6-7;1-7-5-4-6-8(2)9(7)3/h5-10H,1-4H3;4*4-10H,1-3H3;2*3-10H,1-2H3;2*5-6H,1-4H3;4-6H,1-3H3.